The van der Waals surface area contributed by atoms with Crippen molar-refractivity contribution in [1.29, 1.82) is 0 Å². The highest BCUT2D eigenvalue weighted by atomic mass is 79.9. The van der Waals surface area contributed by atoms with Gasteiger partial charge in [-0.1, -0.05) is 11.6 Å². The van der Waals surface area contributed by atoms with Crippen LogP contribution in [0.4, 0.5) is 0 Å². The van der Waals surface area contributed by atoms with E-state index in [1.54, 1.807) is 6.26 Å². The molecule has 15 heavy (non-hydrogen) atoms. The third kappa shape index (κ3) is 1.79. The van der Waals surface area contributed by atoms with Gasteiger partial charge in [-0.15, -0.1) is 10.2 Å². The minimum atomic E-state index is 0.430. The topological polar surface area (TPSA) is 38.9 Å². The van der Waals surface area contributed by atoms with E-state index in [0.717, 1.165) is 15.6 Å². The van der Waals surface area contributed by atoms with E-state index in [-0.39, 0.29) is 0 Å². The smallest absolute Gasteiger partial charge is 0.168 e. The molecule has 0 amide bonds. The Hall–Kier alpha value is -0.870. The van der Waals surface area contributed by atoms with Crippen LogP contribution in [0.25, 0.3) is 11.5 Å². The van der Waals surface area contributed by atoms with Gasteiger partial charge in [0, 0.05) is 0 Å². The monoisotopic (exact) mass is 286 g/mol. The molecule has 78 valence electrons. The molecule has 0 fully saturated rings. The fourth-order valence-electron chi connectivity index (χ4n) is 1.25. The highest BCUT2D eigenvalue weighted by Gasteiger charge is 2.15. The number of halogens is 2. The fraction of sp³-hybridized carbons (Fsp3) is 0.200. The van der Waals surface area contributed by atoms with Gasteiger partial charge in [-0.25, -0.2) is 0 Å². The quantitative estimate of drug-likeness (QED) is 0.801. The van der Waals surface area contributed by atoms with Crippen LogP contribution in [-0.2, 0) is 0 Å². The Labute approximate surface area is 101 Å². The van der Waals surface area contributed by atoms with Crippen LogP contribution in [0.3, 0.4) is 0 Å². The summed E-state index contributed by atoms with van der Waals surface area (Å²) in [5.74, 6) is 0.680. The number of furan rings is 1. The zero-order chi connectivity index (χ0) is 11.0. The van der Waals surface area contributed by atoms with E-state index in [9.17, 15) is 0 Å². The van der Waals surface area contributed by atoms with Gasteiger partial charge in [-0.2, -0.15) is 0 Å². The first-order chi connectivity index (χ1) is 7.11. The second kappa shape index (κ2) is 3.94. The van der Waals surface area contributed by atoms with Crippen molar-refractivity contribution in [3.05, 3.63) is 33.1 Å². The lowest BCUT2D eigenvalue weighted by Crippen LogP contribution is -1.96. The van der Waals surface area contributed by atoms with Crippen LogP contribution in [0.15, 0.2) is 21.2 Å². The summed E-state index contributed by atoms with van der Waals surface area (Å²) < 4.78 is 6.20. The summed E-state index contributed by atoms with van der Waals surface area (Å²) in [6.45, 7) is 3.85. The minimum absolute atomic E-state index is 0.430. The molecule has 0 aliphatic carbocycles. The van der Waals surface area contributed by atoms with Crippen LogP contribution in [0.5, 0.6) is 0 Å². The second-order valence-corrected chi connectivity index (χ2v) is 4.40. The Balaban J connectivity index is 2.65. The predicted molar refractivity (Wildman–Crippen MR) is 61.9 cm³/mol. The molecule has 0 saturated carbocycles. The molecule has 0 aliphatic rings. The Morgan fingerprint density at radius 3 is 2.60 bits per heavy atom. The van der Waals surface area contributed by atoms with E-state index in [2.05, 4.69) is 26.1 Å². The molecular weight excluding hydrogens is 279 g/mol. The van der Waals surface area contributed by atoms with Crippen LogP contribution in [-0.4, -0.2) is 10.2 Å². The van der Waals surface area contributed by atoms with Gasteiger partial charge in [-0.3, -0.25) is 0 Å². The van der Waals surface area contributed by atoms with Gasteiger partial charge in [0.05, 0.1) is 10.7 Å². The van der Waals surface area contributed by atoms with Crippen LogP contribution < -0.4 is 0 Å². The number of hydrogen-bond acceptors (Lipinski definition) is 3. The summed E-state index contributed by atoms with van der Waals surface area (Å²) in [6.07, 6.45) is 1.60. The first kappa shape index (κ1) is 10.6. The van der Waals surface area contributed by atoms with Crippen molar-refractivity contribution in [2.45, 2.75) is 13.8 Å². The Kier molecular flexibility index (Phi) is 2.80. The second-order valence-electron chi connectivity index (χ2n) is 3.19. The van der Waals surface area contributed by atoms with Gasteiger partial charge in [0.25, 0.3) is 0 Å². The Morgan fingerprint density at radius 2 is 2.00 bits per heavy atom. The molecule has 5 heteroatoms. The molecule has 0 spiro atoms. The zero-order valence-corrected chi connectivity index (χ0v) is 10.6. The molecule has 0 aliphatic heterocycles. The van der Waals surface area contributed by atoms with E-state index in [4.69, 9.17) is 16.0 Å². The maximum absolute atomic E-state index is 5.87. The third-order valence-electron chi connectivity index (χ3n) is 2.30. The summed E-state index contributed by atoms with van der Waals surface area (Å²) in [6, 6.07) is 1.82. The van der Waals surface area contributed by atoms with Gasteiger partial charge >= 0.3 is 0 Å². The highest BCUT2D eigenvalue weighted by Crippen LogP contribution is 2.31. The van der Waals surface area contributed by atoms with E-state index < -0.39 is 0 Å². The summed E-state index contributed by atoms with van der Waals surface area (Å²) >= 11 is 9.26. The molecule has 2 aromatic rings. The van der Waals surface area contributed by atoms with Gasteiger partial charge in [-0.05, 0) is 47.0 Å². The molecule has 0 bridgehead atoms. The number of rotatable bonds is 1. The largest absolute Gasteiger partial charge is 0.461 e. The molecule has 2 rings (SSSR count). The van der Waals surface area contributed by atoms with Crippen LogP contribution in [0.1, 0.15) is 11.1 Å². The van der Waals surface area contributed by atoms with E-state index in [0.29, 0.717) is 16.6 Å². The lowest BCUT2D eigenvalue weighted by molar-refractivity contribution is 0.577. The molecule has 0 radical (unpaired) electrons. The Bertz CT molecular complexity index is 510. The summed E-state index contributed by atoms with van der Waals surface area (Å²) in [4.78, 5) is 0. The maximum Gasteiger partial charge on any atom is 0.168 e. The van der Waals surface area contributed by atoms with Crippen molar-refractivity contribution >= 4 is 27.5 Å². The lowest BCUT2D eigenvalue weighted by Gasteiger charge is -2.05. The van der Waals surface area contributed by atoms with E-state index >= 15 is 0 Å². The van der Waals surface area contributed by atoms with Crippen LogP contribution in [0, 0.1) is 13.8 Å². The molecule has 0 atom stereocenters. The normalized spacial score (nSPS) is 10.7. The molecule has 0 N–H and O–H groups in total. The molecule has 3 nitrogen and oxygen atoms in total. The summed E-state index contributed by atoms with van der Waals surface area (Å²) in [5.41, 5.74) is 2.62. The molecule has 0 unspecified atom stereocenters. The van der Waals surface area contributed by atoms with Gasteiger partial charge in [0.1, 0.15) is 5.69 Å². The molecule has 0 saturated heterocycles. The molecular formula is C10H8BrClN2O. The van der Waals surface area contributed by atoms with Gasteiger partial charge in [0.15, 0.2) is 10.9 Å². The van der Waals surface area contributed by atoms with E-state index in [1.165, 1.54) is 0 Å². The predicted octanol–water partition coefficient (Wildman–Crippen LogP) is 3.77. The van der Waals surface area contributed by atoms with Crippen molar-refractivity contribution in [3.8, 4) is 11.5 Å². The number of aromatic nitrogens is 2. The summed E-state index contributed by atoms with van der Waals surface area (Å²) in [7, 11) is 0. The fourth-order valence-corrected chi connectivity index (χ4v) is 1.82. The maximum atomic E-state index is 5.87. The number of nitrogens with zero attached hydrogens (tertiary/aromatic N) is 2. The molecule has 2 aromatic heterocycles. The summed E-state index contributed by atoms with van der Waals surface area (Å²) in [5, 5.41) is 8.34. The van der Waals surface area contributed by atoms with Crippen molar-refractivity contribution < 1.29 is 4.42 Å². The SMILES string of the molecule is Cc1c(Cl)nnc(-c2occc2Br)c1C. The highest BCUT2D eigenvalue weighted by molar-refractivity contribution is 9.10. The lowest BCUT2D eigenvalue weighted by atomic mass is 10.1. The molecule has 0 aromatic carbocycles. The van der Waals surface area contributed by atoms with E-state index in [1.807, 2.05) is 19.9 Å². The van der Waals surface area contributed by atoms with Crippen molar-refractivity contribution in [3.63, 3.8) is 0 Å². The van der Waals surface area contributed by atoms with Gasteiger partial charge < -0.3 is 4.42 Å². The number of hydrogen-bond donors (Lipinski definition) is 0. The van der Waals surface area contributed by atoms with Gasteiger partial charge in [0.2, 0.25) is 0 Å². The average molecular weight is 288 g/mol. The minimum Gasteiger partial charge on any atom is -0.461 e. The van der Waals surface area contributed by atoms with Crippen LogP contribution >= 0.6 is 27.5 Å². The van der Waals surface area contributed by atoms with Crippen molar-refractivity contribution in [2.24, 2.45) is 0 Å². The first-order valence-electron chi connectivity index (χ1n) is 4.34. The van der Waals surface area contributed by atoms with Crippen LogP contribution in [0.2, 0.25) is 5.15 Å². The molecule has 2 heterocycles. The Morgan fingerprint density at radius 1 is 1.27 bits per heavy atom. The van der Waals surface area contributed by atoms with Crippen molar-refractivity contribution in [2.75, 3.05) is 0 Å². The first-order valence-corrected chi connectivity index (χ1v) is 5.51. The zero-order valence-electron chi connectivity index (χ0n) is 8.21. The van der Waals surface area contributed by atoms with Crippen molar-refractivity contribution in [1.82, 2.24) is 10.2 Å². The third-order valence-corrected chi connectivity index (χ3v) is 3.28. The average Bonchev–Trinajstić information content (AvgIpc) is 2.62. The standard InChI is InChI=1S/C10H8BrClN2O/c1-5-6(2)10(12)14-13-8(5)9-7(11)3-4-15-9/h3-4H,1-2H3.